The van der Waals surface area contributed by atoms with Gasteiger partial charge in [-0.1, -0.05) is 35.7 Å². The summed E-state index contributed by atoms with van der Waals surface area (Å²) in [6.45, 7) is 2.08. The Morgan fingerprint density at radius 2 is 2.00 bits per heavy atom. The third-order valence-corrected chi connectivity index (χ3v) is 6.06. The maximum Gasteiger partial charge on any atom is 0.243 e. The Morgan fingerprint density at radius 1 is 1.20 bits per heavy atom. The second kappa shape index (κ2) is 6.48. The van der Waals surface area contributed by atoms with Crippen LogP contribution in [0.15, 0.2) is 48.7 Å². The number of carbonyl (C=O) groups excluding carboxylic acids is 2. The minimum atomic E-state index is -1.21. The fraction of sp³-hybridized carbons (Fsp3) is 0.174. The molecule has 3 aromatic rings. The summed E-state index contributed by atoms with van der Waals surface area (Å²) in [5.74, 6) is 2.53. The number of hydrogen-bond donors (Lipinski definition) is 1. The SMILES string of the molecule is C#CCN1C(=O)C2(CC(=O)Nc3c2cnn3-c2ccccc2C)c2cc(Cl)ccc21. The summed E-state index contributed by atoms with van der Waals surface area (Å²) >= 11 is 6.29. The van der Waals surface area contributed by atoms with Gasteiger partial charge in [-0.25, -0.2) is 4.68 Å². The Balaban J connectivity index is 1.79. The zero-order chi connectivity index (χ0) is 21.0. The number of carbonyl (C=O) groups is 2. The number of aromatic nitrogens is 2. The number of amides is 2. The molecule has 3 heterocycles. The van der Waals surface area contributed by atoms with Gasteiger partial charge in [0.25, 0.3) is 0 Å². The van der Waals surface area contributed by atoms with Crippen LogP contribution in [-0.4, -0.2) is 28.1 Å². The summed E-state index contributed by atoms with van der Waals surface area (Å²) in [6.07, 6.45) is 7.15. The maximum absolute atomic E-state index is 13.7. The lowest BCUT2D eigenvalue weighted by Crippen LogP contribution is -2.46. The van der Waals surface area contributed by atoms with E-state index in [1.54, 1.807) is 34.0 Å². The van der Waals surface area contributed by atoms with Crippen LogP contribution in [0.2, 0.25) is 5.02 Å². The number of halogens is 1. The molecular weight excluding hydrogens is 400 g/mol. The number of nitrogens with zero attached hydrogens (tertiary/aromatic N) is 3. The molecule has 0 saturated carbocycles. The summed E-state index contributed by atoms with van der Waals surface area (Å²) in [4.78, 5) is 28.1. The Morgan fingerprint density at radius 3 is 2.77 bits per heavy atom. The first kappa shape index (κ1) is 18.5. The minimum absolute atomic E-state index is 0.0350. The van der Waals surface area contributed by atoms with Crippen LogP contribution in [0.1, 0.15) is 23.1 Å². The molecule has 1 atom stereocenters. The molecule has 0 saturated heterocycles. The lowest BCUT2D eigenvalue weighted by molar-refractivity contribution is -0.126. The standard InChI is InChI=1S/C23H17ClN4O2/c1-3-10-27-19-9-8-15(24)11-16(19)23(22(27)30)12-20(29)26-21-17(23)13-25-28(21)18-7-5-4-6-14(18)2/h1,4-9,11,13H,10,12H2,2H3,(H,26,29). The first-order chi connectivity index (χ1) is 14.5. The van der Waals surface area contributed by atoms with E-state index >= 15 is 0 Å². The molecule has 5 rings (SSSR count). The first-order valence-corrected chi connectivity index (χ1v) is 9.85. The quantitative estimate of drug-likeness (QED) is 0.651. The van der Waals surface area contributed by atoms with Crippen molar-refractivity contribution in [2.75, 3.05) is 16.8 Å². The summed E-state index contributed by atoms with van der Waals surface area (Å²) < 4.78 is 1.67. The molecule has 2 aromatic carbocycles. The van der Waals surface area contributed by atoms with E-state index in [0.717, 1.165) is 11.3 Å². The van der Waals surface area contributed by atoms with Crippen molar-refractivity contribution in [2.24, 2.45) is 0 Å². The fourth-order valence-electron chi connectivity index (χ4n) is 4.50. The van der Waals surface area contributed by atoms with Gasteiger partial charge in [0.15, 0.2) is 0 Å². The molecule has 0 aliphatic carbocycles. The Labute approximate surface area is 178 Å². The summed E-state index contributed by atoms with van der Waals surface area (Å²) in [5.41, 5.74) is 2.59. The van der Waals surface area contributed by atoms with Gasteiger partial charge in [0.2, 0.25) is 11.8 Å². The highest BCUT2D eigenvalue weighted by Crippen LogP contribution is 2.53. The number of anilines is 2. The van der Waals surface area contributed by atoms with Gasteiger partial charge in [0.05, 0.1) is 18.4 Å². The number of rotatable bonds is 2. The molecular formula is C23H17ClN4O2. The van der Waals surface area contributed by atoms with Crippen molar-refractivity contribution in [2.45, 2.75) is 18.8 Å². The van der Waals surface area contributed by atoms with Crippen LogP contribution in [0.5, 0.6) is 0 Å². The molecule has 1 unspecified atom stereocenters. The largest absolute Gasteiger partial charge is 0.310 e. The van der Waals surface area contributed by atoms with Crippen LogP contribution < -0.4 is 10.2 Å². The Bertz CT molecular complexity index is 1270. The highest BCUT2D eigenvalue weighted by Gasteiger charge is 2.57. The molecule has 1 aromatic heterocycles. The van der Waals surface area contributed by atoms with Gasteiger partial charge in [-0.3, -0.25) is 14.5 Å². The van der Waals surface area contributed by atoms with Gasteiger partial charge in [-0.2, -0.15) is 5.10 Å². The van der Waals surface area contributed by atoms with E-state index in [4.69, 9.17) is 18.0 Å². The van der Waals surface area contributed by atoms with E-state index in [2.05, 4.69) is 16.3 Å². The first-order valence-electron chi connectivity index (χ1n) is 9.47. The fourth-order valence-corrected chi connectivity index (χ4v) is 4.67. The molecule has 2 amide bonds. The highest BCUT2D eigenvalue weighted by molar-refractivity contribution is 6.31. The second-order valence-electron chi connectivity index (χ2n) is 7.49. The van der Waals surface area contributed by atoms with E-state index in [1.165, 1.54) is 0 Å². The van der Waals surface area contributed by atoms with E-state index in [0.29, 0.717) is 27.7 Å². The topological polar surface area (TPSA) is 67.2 Å². The average Bonchev–Trinajstić information content (AvgIpc) is 3.23. The van der Waals surface area contributed by atoms with Crippen LogP contribution in [0, 0.1) is 19.3 Å². The number of para-hydroxylation sites is 1. The normalized spacial score (nSPS) is 19.4. The molecule has 0 bridgehead atoms. The summed E-state index contributed by atoms with van der Waals surface area (Å²) in [5, 5.41) is 7.94. The molecule has 2 aliphatic heterocycles. The smallest absolute Gasteiger partial charge is 0.243 e. The number of hydrogen-bond acceptors (Lipinski definition) is 3. The number of benzene rings is 2. The molecule has 6 nitrogen and oxygen atoms in total. The summed E-state index contributed by atoms with van der Waals surface area (Å²) in [6, 6.07) is 13.0. The van der Waals surface area contributed by atoms with Crippen LogP contribution in [0.25, 0.3) is 5.69 Å². The molecule has 30 heavy (non-hydrogen) atoms. The van der Waals surface area contributed by atoms with Crippen LogP contribution in [-0.2, 0) is 15.0 Å². The van der Waals surface area contributed by atoms with E-state index in [9.17, 15) is 9.59 Å². The predicted molar refractivity (Wildman–Crippen MR) is 115 cm³/mol. The third-order valence-electron chi connectivity index (χ3n) is 5.83. The van der Waals surface area contributed by atoms with Gasteiger partial charge in [0.1, 0.15) is 11.2 Å². The van der Waals surface area contributed by atoms with Crippen LogP contribution in [0.3, 0.4) is 0 Å². The monoisotopic (exact) mass is 416 g/mol. The number of fused-ring (bicyclic) bond motifs is 4. The van der Waals surface area contributed by atoms with E-state index in [1.807, 2.05) is 31.2 Å². The van der Waals surface area contributed by atoms with Crippen molar-refractivity contribution in [3.63, 3.8) is 0 Å². The Kier molecular flexibility index (Phi) is 3.99. The maximum atomic E-state index is 13.7. The van der Waals surface area contributed by atoms with Gasteiger partial charge in [-0.05, 0) is 42.3 Å². The van der Waals surface area contributed by atoms with Crippen molar-refractivity contribution >= 4 is 34.9 Å². The summed E-state index contributed by atoms with van der Waals surface area (Å²) in [7, 11) is 0. The molecule has 1 spiro atoms. The van der Waals surface area contributed by atoms with Gasteiger partial charge < -0.3 is 5.32 Å². The number of terminal acetylenes is 1. The van der Waals surface area contributed by atoms with Crippen molar-refractivity contribution < 1.29 is 9.59 Å². The number of aryl methyl sites for hydroxylation is 1. The molecule has 148 valence electrons. The van der Waals surface area contributed by atoms with Crippen molar-refractivity contribution in [3.05, 3.63) is 70.4 Å². The predicted octanol–water partition coefficient (Wildman–Crippen LogP) is 3.44. The molecule has 0 fully saturated rings. The molecule has 1 N–H and O–H groups in total. The van der Waals surface area contributed by atoms with Crippen molar-refractivity contribution in [1.82, 2.24) is 9.78 Å². The molecule has 2 aliphatic rings. The number of nitrogens with one attached hydrogen (secondary N) is 1. The van der Waals surface area contributed by atoms with Crippen molar-refractivity contribution in [1.29, 1.82) is 0 Å². The van der Waals surface area contributed by atoms with Gasteiger partial charge in [0, 0.05) is 22.7 Å². The van der Waals surface area contributed by atoms with Crippen LogP contribution in [0.4, 0.5) is 11.5 Å². The average molecular weight is 417 g/mol. The molecule has 7 heteroatoms. The van der Waals surface area contributed by atoms with Gasteiger partial charge in [-0.15, -0.1) is 6.42 Å². The zero-order valence-electron chi connectivity index (χ0n) is 16.1. The zero-order valence-corrected chi connectivity index (χ0v) is 16.9. The van der Waals surface area contributed by atoms with Crippen LogP contribution >= 0.6 is 11.6 Å². The van der Waals surface area contributed by atoms with Gasteiger partial charge >= 0.3 is 0 Å². The molecule has 0 radical (unpaired) electrons. The second-order valence-corrected chi connectivity index (χ2v) is 7.93. The lowest BCUT2D eigenvalue weighted by Gasteiger charge is -2.32. The third kappa shape index (κ3) is 2.36. The highest BCUT2D eigenvalue weighted by atomic mass is 35.5. The Hall–Kier alpha value is -3.56. The van der Waals surface area contributed by atoms with E-state index in [-0.39, 0.29) is 24.8 Å². The minimum Gasteiger partial charge on any atom is -0.310 e. The lowest BCUT2D eigenvalue weighted by atomic mass is 9.72. The van der Waals surface area contributed by atoms with E-state index < -0.39 is 5.41 Å². The van der Waals surface area contributed by atoms with Crippen molar-refractivity contribution in [3.8, 4) is 18.0 Å².